The first-order valence-electron chi connectivity index (χ1n) is 6.25. The molecule has 98 valence electrons. The number of halogens is 1. The molecule has 0 spiro atoms. The predicted molar refractivity (Wildman–Crippen MR) is 75.7 cm³/mol. The fourth-order valence-corrected chi connectivity index (χ4v) is 2.62. The van der Waals surface area contributed by atoms with E-state index in [0.29, 0.717) is 5.02 Å². The largest absolute Gasteiger partial charge is 0.478 e. The fourth-order valence-electron chi connectivity index (χ4n) is 2.45. The zero-order valence-electron chi connectivity index (χ0n) is 10.4. The molecule has 5 heteroatoms. The van der Waals surface area contributed by atoms with Crippen LogP contribution in [0, 0.1) is 0 Å². The molecule has 1 aromatic heterocycles. The van der Waals surface area contributed by atoms with Gasteiger partial charge in [-0.05, 0) is 23.8 Å². The van der Waals surface area contributed by atoms with Gasteiger partial charge in [-0.25, -0.2) is 0 Å². The van der Waals surface area contributed by atoms with E-state index in [1.54, 1.807) is 0 Å². The smallest absolute Gasteiger partial charge is 0.170 e. The van der Waals surface area contributed by atoms with E-state index in [0.717, 1.165) is 28.3 Å². The van der Waals surface area contributed by atoms with E-state index in [2.05, 4.69) is 15.4 Å². The van der Waals surface area contributed by atoms with Crippen LogP contribution in [-0.4, -0.2) is 15.4 Å². The number of aromatic nitrogens is 3. The van der Waals surface area contributed by atoms with Crippen LogP contribution in [0.1, 0.15) is 17.4 Å². The van der Waals surface area contributed by atoms with Gasteiger partial charge in [0.25, 0.3) is 0 Å². The van der Waals surface area contributed by atoms with Crippen molar-refractivity contribution in [1.29, 1.82) is 0 Å². The van der Waals surface area contributed by atoms with Gasteiger partial charge in [0, 0.05) is 10.6 Å². The van der Waals surface area contributed by atoms with E-state index in [1.807, 2.05) is 48.5 Å². The molecule has 20 heavy (non-hydrogen) atoms. The molecule has 0 fully saturated rings. The van der Waals surface area contributed by atoms with Gasteiger partial charge in [0.15, 0.2) is 6.10 Å². The molecule has 3 aromatic rings. The van der Waals surface area contributed by atoms with Crippen LogP contribution in [-0.2, 0) is 0 Å². The third-order valence-electron chi connectivity index (χ3n) is 3.37. The van der Waals surface area contributed by atoms with Crippen molar-refractivity contribution in [3.63, 3.8) is 0 Å². The first-order chi connectivity index (χ1) is 9.83. The van der Waals surface area contributed by atoms with Gasteiger partial charge in [0.1, 0.15) is 17.1 Å². The Morgan fingerprint density at radius 1 is 1.05 bits per heavy atom. The minimum Gasteiger partial charge on any atom is -0.478 e. The van der Waals surface area contributed by atoms with Gasteiger partial charge in [0.2, 0.25) is 0 Å². The van der Waals surface area contributed by atoms with Crippen molar-refractivity contribution in [1.82, 2.24) is 15.4 Å². The monoisotopic (exact) mass is 283 g/mol. The molecule has 4 rings (SSSR count). The molecule has 2 heterocycles. The van der Waals surface area contributed by atoms with E-state index in [-0.39, 0.29) is 6.10 Å². The molecule has 1 aliphatic rings. The lowest BCUT2D eigenvalue weighted by Gasteiger charge is -2.24. The van der Waals surface area contributed by atoms with Crippen molar-refractivity contribution in [2.24, 2.45) is 0 Å². The highest BCUT2D eigenvalue weighted by Gasteiger charge is 2.31. The van der Waals surface area contributed by atoms with Gasteiger partial charge < -0.3 is 4.74 Å². The van der Waals surface area contributed by atoms with Crippen molar-refractivity contribution in [2.45, 2.75) is 6.10 Å². The average molecular weight is 284 g/mol. The molecular weight excluding hydrogens is 274 g/mol. The van der Waals surface area contributed by atoms with Crippen molar-refractivity contribution < 1.29 is 4.74 Å². The van der Waals surface area contributed by atoms with Gasteiger partial charge in [-0.2, -0.15) is 15.4 Å². The zero-order valence-corrected chi connectivity index (χ0v) is 11.1. The van der Waals surface area contributed by atoms with Crippen LogP contribution < -0.4 is 4.74 Å². The first kappa shape index (κ1) is 11.5. The average Bonchev–Trinajstić information content (AvgIpc) is 2.97. The molecule has 1 aliphatic heterocycles. The predicted octanol–water partition coefficient (Wildman–Crippen LogP) is 3.61. The third kappa shape index (κ3) is 1.69. The van der Waals surface area contributed by atoms with Crippen molar-refractivity contribution in [3.05, 3.63) is 64.8 Å². The highest BCUT2D eigenvalue weighted by Crippen LogP contribution is 2.43. The SMILES string of the molecule is Clc1ccc2c(c1)-c1n[nH]nc1C(c1ccccc1)O2. The standard InChI is InChI=1S/C15H10ClN3O/c16-10-6-7-12-11(8-10)13-14(18-19-17-13)15(20-12)9-4-2-1-3-5-9/h1-8,15H,(H,17,18,19). The second kappa shape index (κ2) is 4.35. The van der Waals surface area contributed by atoms with E-state index < -0.39 is 0 Å². The number of nitrogens with one attached hydrogen (secondary N) is 1. The Labute approximate surface area is 120 Å². The van der Waals surface area contributed by atoms with Gasteiger partial charge >= 0.3 is 0 Å². The molecule has 0 saturated heterocycles. The summed E-state index contributed by atoms with van der Waals surface area (Å²) in [4.78, 5) is 0. The van der Waals surface area contributed by atoms with Crippen LogP contribution >= 0.6 is 11.6 Å². The summed E-state index contributed by atoms with van der Waals surface area (Å²) in [6, 6.07) is 15.5. The number of rotatable bonds is 1. The Bertz CT molecular complexity index is 770. The number of nitrogens with zero attached hydrogens (tertiary/aromatic N) is 2. The second-order valence-electron chi connectivity index (χ2n) is 4.61. The fraction of sp³-hybridized carbons (Fsp3) is 0.0667. The number of aromatic amines is 1. The molecule has 1 unspecified atom stereocenters. The maximum Gasteiger partial charge on any atom is 0.170 e. The summed E-state index contributed by atoms with van der Waals surface area (Å²) in [6.45, 7) is 0. The first-order valence-corrected chi connectivity index (χ1v) is 6.63. The zero-order chi connectivity index (χ0) is 13.5. The highest BCUT2D eigenvalue weighted by atomic mass is 35.5. The minimum atomic E-state index is -0.251. The summed E-state index contributed by atoms with van der Waals surface area (Å²) in [5.41, 5.74) is 3.49. The van der Waals surface area contributed by atoms with Crippen LogP contribution in [0.4, 0.5) is 0 Å². The Kier molecular flexibility index (Phi) is 2.50. The molecule has 0 bridgehead atoms. The van der Waals surface area contributed by atoms with Gasteiger partial charge in [-0.3, -0.25) is 0 Å². The highest BCUT2D eigenvalue weighted by molar-refractivity contribution is 6.31. The molecule has 0 saturated carbocycles. The number of hydrogen-bond acceptors (Lipinski definition) is 3. The Balaban J connectivity index is 1.90. The van der Waals surface area contributed by atoms with Gasteiger partial charge in [-0.15, -0.1) is 0 Å². The molecule has 1 atom stereocenters. The lowest BCUT2D eigenvalue weighted by molar-refractivity contribution is 0.238. The number of H-pyrrole nitrogens is 1. The van der Waals surface area contributed by atoms with E-state index in [1.165, 1.54) is 0 Å². The van der Waals surface area contributed by atoms with Gasteiger partial charge in [0.05, 0.1) is 0 Å². The molecule has 1 N–H and O–H groups in total. The van der Waals surface area contributed by atoms with Gasteiger partial charge in [-0.1, -0.05) is 41.9 Å². The Hall–Kier alpha value is -2.33. The number of ether oxygens (including phenoxy) is 1. The lowest BCUT2D eigenvalue weighted by Crippen LogP contribution is -2.15. The third-order valence-corrected chi connectivity index (χ3v) is 3.60. The van der Waals surface area contributed by atoms with Crippen LogP contribution in [0.15, 0.2) is 48.5 Å². The van der Waals surface area contributed by atoms with E-state index in [4.69, 9.17) is 16.3 Å². The second-order valence-corrected chi connectivity index (χ2v) is 5.04. The Morgan fingerprint density at radius 3 is 2.75 bits per heavy atom. The molecule has 0 amide bonds. The molecule has 0 aliphatic carbocycles. The van der Waals surface area contributed by atoms with E-state index in [9.17, 15) is 0 Å². The topological polar surface area (TPSA) is 50.8 Å². The Morgan fingerprint density at radius 2 is 1.90 bits per heavy atom. The summed E-state index contributed by atoms with van der Waals surface area (Å²) in [7, 11) is 0. The molecule has 2 aromatic carbocycles. The summed E-state index contributed by atoms with van der Waals surface area (Å²) < 4.78 is 6.08. The minimum absolute atomic E-state index is 0.251. The van der Waals surface area contributed by atoms with Crippen LogP contribution in [0.2, 0.25) is 5.02 Å². The van der Waals surface area contributed by atoms with Crippen LogP contribution in [0.3, 0.4) is 0 Å². The number of benzene rings is 2. The summed E-state index contributed by atoms with van der Waals surface area (Å²) in [5, 5.41) is 11.8. The normalized spacial score (nSPS) is 16.1. The van der Waals surface area contributed by atoms with Crippen LogP contribution in [0.25, 0.3) is 11.3 Å². The maximum absolute atomic E-state index is 6.08. The van der Waals surface area contributed by atoms with Crippen molar-refractivity contribution >= 4 is 11.6 Å². The molecule has 0 radical (unpaired) electrons. The molecule has 4 nitrogen and oxygen atoms in total. The maximum atomic E-state index is 6.08. The van der Waals surface area contributed by atoms with Crippen LogP contribution in [0.5, 0.6) is 5.75 Å². The number of hydrogen-bond donors (Lipinski definition) is 1. The number of fused-ring (bicyclic) bond motifs is 3. The van der Waals surface area contributed by atoms with E-state index >= 15 is 0 Å². The summed E-state index contributed by atoms with van der Waals surface area (Å²) >= 11 is 6.05. The van der Waals surface area contributed by atoms with Crippen molar-refractivity contribution in [3.8, 4) is 17.0 Å². The summed E-state index contributed by atoms with van der Waals surface area (Å²) in [6.07, 6.45) is -0.251. The molecular formula is C15H10ClN3O. The lowest BCUT2D eigenvalue weighted by atomic mass is 9.98. The quantitative estimate of drug-likeness (QED) is 0.742. The summed E-state index contributed by atoms with van der Waals surface area (Å²) in [5.74, 6) is 0.768. The van der Waals surface area contributed by atoms with Crippen molar-refractivity contribution in [2.75, 3.05) is 0 Å².